The Hall–Kier alpha value is -5.20. The molecule has 2 heterocycles. The van der Waals surface area contributed by atoms with Crippen LogP contribution in [0.5, 0.6) is 0 Å². The molecule has 1 aliphatic heterocycles. The molecule has 0 fully saturated rings. The maximum atomic E-state index is 14.5. The summed E-state index contributed by atoms with van der Waals surface area (Å²) in [6.45, 7) is 5.09. The number of fused-ring (bicyclic) bond motifs is 2. The second-order valence-electron chi connectivity index (χ2n) is 13.9. The van der Waals surface area contributed by atoms with E-state index in [1.54, 1.807) is 53.1 Å². The zero-order chi connectivity index (χ0) is 40.4. The van der Waals surface area contributed by atoms with Crippen molar-refractivity contribution in [1.82, 2.24) is 24.3 Å². The highest BCUT2D eigenvalue weighted by Crippen LogP contribution is 2.30. The molecule has 5 aromatic carbocycles. The predicted molar refractivity (Wildman–Crippen MR) is 223 cm³/mol. The molecule has 1 aliphatic rings. The minimum absolute atomic E-state index is 0.0149. The largest absolute Gasteiger partial charge is 0.334 e. The molecular weight excluding hydrogens is 805 g/mol. The SMILES string of the molecule is CCCCN(Cc1ccc(Cl)c(Cl)c1)C(=O)c1nn(-c2ccc(C(=O)NS(=O)(=O)c3ccc4ccccc4c3)cc2C(=O)N2CCc3ccccc3C2)c(C)c1Cl. The van der Waals surface area contributed by atoms with Gasteiger partial charge in [0.2, 0.25) is 0 Å². The predicted octanol–water partition coefficient (Wildman–Crippen LogP) is 9.05. The number of sulfonamides is 1. The molecule has 0 bridgehead atoms. The monoisotopic (exact) mass is 841 g/mol. The van der Waals surface area contributed by atoms with Crippen LogP contribution in [0.2, 0.25) is 15.1 Å². The van der Waals surface area contributed by atoms with Gasteiger partial charge < -0.3 is 9.80 Å². The molecule has 0 radical (unpaired) electrons. The zero-order valence-electron chi connectivity index (χ0n) is 31.1. The van der Waals surface area contributed by atoms with Crippen molar-refractivity contribution >= 4 is 73.3 Å². The molecule has 3 amide bonds. The fraction of sp³-hybridized carbons (Fsp3) is 0.209. The Bertz CT molecular complexity index is 2660. The Balaban J connectivity index is 1.25. The van der Waals surface area contributed by atoms with Crippen molar-refractivity contribution in [2.75, 3.05) is 13.1 Å². The molecule has 0 saturated carbocycles. The van der Waals surface area contributed by atoms with Crippen LogP contribution in [-0.2, 0) is 29.5 Å². The van der Waals surface area contributed by atoms with Crippen LogP contribution in [0.1, 0.15) is 73.4 Å². The van der Waals surface area contributed by atoms with Crippen LogP contribution in [0, 0.1) is 6.92 Å². The third kappa shape index (κ3) is 8.43. The number of amides is 3. The van der Waals surface area contributed by atoms with Crippen LogP contribution >= 0.6 is 34.8 Å². The van der Waals surface area contributed by atoms with Crippen molar-refractivity contribution in [1.29, 1.82) is 0 Å². The highest BCUT2D eigenvalue weighted by atomic mass is 35.5. The molecule has 1 aromatic heterocycles. The summed E-state index contributed by atoms with van der Waals surface area (Å²) >= 11 is 19.3. The summed E-state index contributed by atoms with van der Waals surface area (Å²) < 4.78 is 30.5. The average molecular weight is 843 g/mol. The van der Waals surface area contributed by atoms with E-state index < -0.39 is 27.7 Å². The summed E-state index contributed by atoms with van der Waals surface area (Å²) in [4.78, 5) is 45.7. The number of benzene rings is 5. The van der Waals surface area contributed by atoms with Gasteiger partial charge in [-0.25, -0.2) is 17.8 Å². The van der Waals surface area contributed by atoms with Gasteiger partial charge in [0.25, 0.3) is 27.7 Å². The quantitative estimate of drug-likeness (QED) is 0.139. The molecule has 0 spiro atoms. The van der Waals surface area contributed by atoms with Crippen molar-refractivity contribution in [3.05, 3.63) is 157 Å². The first kappa shape index (κ1) is 40.0. The van der Waals surface area contributed by atoms with Gasteiger partial charge in [0.15, 0.2) is 5.69 Å². The van der Waals surface area contributed by atoms with E-state index in [9.17, 15) is 22.8 Å². The lowest BCUT2D eigenvalue weighted by Crippen LogP contribution is -2.37. The van der Waals surface area contributed by atoms with E-state index in [2.05, 4.69) is 9.82 Å². The molecule has 0 unspecified atom stereocenters. The van der Waals surface area contributed by atoms with Crippen LogP contribution in [0.25, 0.3) is 16.5 Å². The summed E-state index contributed by atoms with van der Waals surface area (Å²) in [5.74, 6) is -1.75. The van der Waals surface area contributed by atoms with E-state index >= 15 is 0 Å². The first-order valence-electron chi connectivity index (χ1n) is 18.4. The molecule has 10 nitrogen and oxygen atoms in total. The maximum Gasteiger partial charge on any atom is 0.276 e. The van der Waals surface area contributed by atoms with E-state index in [1.807, 2.05) is 43.3 Å². The highest BCUT2D eigenvalue weighted by Gasteiger charge is 2.30. The zero-order valence-corrected chi connectivity index (χ0v) is 34.2. The maximum absolute atomic E-state index is 14.5. The summed E-state index contributed by atoms with van der Waals surface area (Å²) in [6, 6.07) is 29.2. The number of unbranched alkanes of at least 4 members (excludes halogenated alkanes) is 1. The van der Waals surface area contributed by atoms with E-state index in [4.69, 9.17) is 34.8 Å². The summed E-state index contributed by atoms with van der Waals surface area (Å²) in [6.07, 6.45) is 2.18. The Morgan fingerprint density at radius 3 is 2.33 bits per heavy atom. The number of carbonyl (C=O) groups is 3. The van der Waals surface area contributed by atoms with Crippen LogP contribution in [0.4, 0.5) is 0 Å². The van der Waals surface area contributed by atoms with Crippen LogP contribution in [0.3, 0.4) is 0 Å². The molecular formula is C43H38Cl3N5O5S. The fourth-order valence-electron chi connectivity index (χ4n) is 6.91. The number of carbonyl (C=O) groups excluding carboxylic acids is 3. The van der Waals surface area contributed by atoms with Gasteiger partial charge >= 0.3 is 0 Å². The van der Waals surface area contributed by atoms with E-state index in [1.165, 1.54) is 35.0 Å². The molecule has 6 aromatic rings. The molecule has 0 aliphatic carbocycles. The average Bonchev–Trinajstić information content (AvgIpc) is 3.52. The topological polar surface area (TPSA) is 122 Å². The number of halogens is 3. The molecule has 1 N–H and O–H groups in total. The normalized spacial score (nSPS) is 12.7. The Labute approximate surface area is 346 Å². The number of hydrogen-bond donors (Lipinski definition) is 1. The van der Waals surface area contributed by atoms with Crippen molar-refractivity contribution in [2.24, 2.45) is 0 Å². The van der Waals surface area contributed by atoms with Gasteiger partial charge in [0.1, 0.15) is 0 Å². The lowest BCUT2D eigenvalue weighted by molar-refractivity contribution is 0.0729. The Kier molecular flexibility index (Phi) is 11.7. The molecule has 0 saturated heterocycles. The summed E-state index contributed by atoms with van der Waals surface area (Å²) in [5.41, 5.74) is 3.55. The molecule has 7 rings (SSSR count). The smallest absolute Gasteiger partial charge is 0.276 e. The molecule has 57 heavy (non-hydrogen) atoms. The van der Waals surface area contributed by atoms with Crippen LogP contribution < -0.4 is 4.72 Å². The van der Waals surface area contributed by atoms with Crippen molar-refractivity contribution < 1.29 is 22.8 Å². The number of hydrogen-bond acceptors (Lipinski definition) is 6. The lowest BCUT2D eigenvalue weighted by Gasteiger charge is -2.29. The van der Waals surface area contributed by atoms with Gasteiger partial charge in [-0.3, -0.25) is 14.4 Å². The second-order valence-corrected chi connectivity index (χ2v) is 16.8. The highest BCUT2D eigenvalue weighted by molar-refractivity contribution is 7.90. The van der Waals surface area contributed by atoms with Gasteiger partial charge in [-0.2, -0.15) is 5.10 Å². The van der Waals surface area contributed by atoms with Crippen molar-refractivity contribution in [3.63, 3.8) is 0 Å². The number of nitrogens with zero attached hydrogens (tertiary/aromatic N) is 4. The van der Waals surface area contributed by atoms with Crippen molar-refractivity contribution in [3.8, 4) is 5.69 Å². The Morgan fingerprint density at radius 1 is 0.842 bits per heavy atom. The van der Waals surface area contributed by atoms with E-state index in [0.717, 1.165) is 34.9 Å². The first-order valence-corrected chi connectivity index (χ1v) is 21.0. The third-order valence-corrected chi connectivity index (χ3v) is 12.6. The van der Waals surface area contributed by atoms with Gasteiger partial charge in [0.05, 0.1) is 36.9 Å². The first-order chi connectivity index (χ1) is 27.3. The summed E-state index contributed by atoms with van der Waals surface area (Å²) in [5, 5.41) is 7.10. The minimum atomic E-state index is -4.30. The van der Waals surface area contributed by atoms with E-state index in [0.29, 0.717) is 47.2 Å². The Morgan fingerprint density at radius 2 is 1.58 bits per heavy atom. The molecule has 292 valence electrons. The summed E-state index contributed by atoms with van der Waals surface area (Å²) in [7, 11) is -4.30. The standard InChI is InChI=1S/C43H38Cl3N5O5S/c1-3-4-20-49(25-28-13-17-36(44)37(45)22-28)43(54)40-39(46)27(2)51(47-40)38-18-15-32(24-35(38)42(53)50-21-19-30-10-6-8-12-33(30)26-50)41(52)48-57(55,56)34-16-14-29-9-5-7-11-31(29)23-34/h5-18,22-24H,3-4,19-21,25-26H2,1-2H3,(H,48,52). The van der Waals surface area contributed by atoms with Crippen molar-refractivity contribution in [2.45, 2.75) is 51.1 Å². The lowest BCUT2D eigenvalue weighted by atomic mass is 9.98. The van der Waals surface area contributed by atoms with Crippen LogP contribution in [-0.4, -0.2) is 58.8 Å². The second kappa shape index (κ2) is 16.7. The number of rotatable bonds is 11. The third-order valence-electron chi connectivity index (χ3n) is 10.1. The number of nitrogens with one attached hydrogen (secondary N) is 1. The van der Waals surface area contributed by atoms with Gasteiger partial charge in [-0.1, -0.05) is 109 Å². The van der Waals surface area contributed by atoms with E-state index in [-0.39, 0.29) is 39.0 Å². The fourth-order valence-corrected chi connectivity index (χ4v) is 8.44. The minimum Gasteiger partial charge on any atom is -0.334 e. The van der Waals surface area contributed by atoms with Crippen LogP contribution in [0.15, 0.2) is 108 Å². The van der Waals surface area contributed by atoms with Gasteiger partial charge in [-0.05, 0) is 89.7 Å². The number of aromatic nitrogens is 2. The molecule has 0 atom stereocenters. The van der Waals surface area contributed by atoms with Gasteiger partial charge in [0, 0.05) is 31.7 Å². The molecule has 14 heteroatoms. The van der Waals surface area contributed by atoms with Gasteiger partial charge in [-0.15, -0.1) is 0 Å².